The fourth-order valence-corrected chi connectivity index (χ4v) is 2.95. The Bertz CT molecular complexity index is 611. The van der Waals surface area contributed by atoms with Crippen molar-refractivity contribution < 1.29 is 9.84 Å². The summed E-state index contributed by atoms with van der Waals surface area (Å²) >= 11 is 9.61. The quantitative estimate of drug-likeness (QED) is 0.857. The Hall–Kier alpha value is -1.03. The van der Waals surface area contributed by atoms with Crippen LogP contribution in [0.2, 0.25) is 5.02 Å². The molecule has 0 fully saturated rings. The molecule has 0 saturated heterocycles. The molecule has 106 valence electrons. The third-order valence-electron chi connectivity index (χ3n) is 3.16. The summed E-state index contributed by atoms with van der Waals surface area (Å²) in [5.41, 5.74) is 0.230. The van der Waals surface area contributed by atoms with E-state index in [-0.39, 0.29) is 0 Å². The van der Waals surface area contributed by atoms with Gasteiger partial charge in [-0.25, -0.2) is 0 Å². The molecule has 1 N–H and O–H groups in total. The third-order valence-corrected chi connectivity index (χ3v) is 3.97. The highest BCUT2D eigenvalue weighted by Crippen LogP contribution is 2.36. The number of aliphatic hydroxyl groups is 1. The Morgan fingerprint density at radius 3 is 2.65 bits per heavy atom. The Labute approximate surface area is 132 Å². The summed E-state index contributed by atoms with van der Waals surface area (Å²) in [5, 5.41) is 11.4. The monoisotopic (exact) mass is 354 g/mol. The molecule has 1 unspecified atom stereocenters. The van der Waals surface area contributed by atoms with E-state index >= 15 is 0 Å². The number of hydrogen-bond acceptors (Lipinski definition) is 2. The third kappa shape index (κ3) is 3.17. The Morgan fingerprint density at radius 1 is 1.25 bits per heavy atom. The highest BCUT2D eigenvalue weighted by Gasteiger charge is 2.28. The van der Waals surface area contributed by atoms with Crippen molar-refractivity contribution in [1.29, 1.82) is 0 Å². The molecule has 2 rings (SSSR count). The lowest BCUT2D eigenvalue weighted by Crippen LogP contribution is -2.23. The Kier molecular flexibility index (Phi) is 4.74. The maximum absolute atomic E-state index is 10.9. The van der Waals surface area contributed by atoms with Crippen LogP contribution in [0.1, 0.15) is 25.0 Å². The van der Waals surface area contributed by atoms with E-state index in [1.807, 2.05) is 43.3 Å². The molecule has 0 heterocycles. The van der Waals surface area contributed by atoms with Gasteiger partial charge in [0.25, 0.3) is 0 Å². The van der Waals surface area contributed by atoms with E-state index in [4.69, 9.17) is 16.3 Å². The zero-order chi connectivity index (χ0) is 14.8. The summed E-state index contributed by atoms with van der Waals surface area (Å²) in [6.45, 7) is 4.24. The molecule has 0 bridgehead atoms. The maximum Gasteiger partial charge on any atom is 0.119 e. The fraction of sp³-hybridized carbons (Fsp3) is 0.250. The summed E-state index contributed by atoms with van der Waals surface area (Å²) in [5.74, 6) is 0.735. The molecule has 4 heteroatoms. The van der Waals surface area contributed by atoms with Crippen LogP contribution < -0.4 is 4.74 Å². The molecule has 20 heavy (non-hydrogen) atoms. The lowest BCUT2D eigenvalue weighted by atomic mass is 9.88. The van der Waals surface area contributed by atoms with Gasteiger partial charge in [-0.1, -0.05) is 45.7 Å². The summed E-state index contributed by atoms with van der Waals surface area (Å²) in [6.07, 6.45) is 0. The van der Waals surface area contributed by atoms with Crippen molar-refractivity contribution in [3.05, 3.63) is 63.1 Å². The average molecular weight is 356 g/mol. The highest BCUT2D eigenvalue weighted by molar-refractivity contribution is 9.10. The minimum absolute atomic E-state index is 0.520. The van der Waals surface area contributed by atoms with Gasteiger partial charge >= 0.3 is 0 Å². The van der Waals surface area contributed by atoms with Crippen LogP contribution in [0.5, 0.6) is 5.75 Å². The minimum Gasteiger partial charge on any atom is -0.494 e. The summed E-state index contributed by atoms with van der Waals surface area (Å²) < 4.78 is 6.36. The molecule has 2 nitrogen and oxygen atoms in total. The van der Waals surface area contributed by atoms with Crippen LogP contribution in [0.3, 0.4) is 0 Å². The second-order valence-corrected chi connectivity index (χ2v) is 5.98. The number of rotatable bonds is 4. The fourth-order valence-electron chi connectivity index (χ4n) is 2.10. The topological polar surface area (TPSA) is 29.5 Å². The molecule has 0 radical (unpaired) electrons. The first-order valence-electron chi connectivity index (χ1n) is 6.36. The molecule has 1 atom stereocenters. The predicted molar refractivity (Wildman–Crippen MR) is 85.4 cm³/mol. The van der Waals surface area contributed by atoms with E-state index in [9.17, 15) is 5.11 Å². The van der Waals surface area contributed by atoms with Crippen LogP contribution >= 0.6 is 27.5 Å². The van der Waals surface area contributed by atoms with Crippen molar-refractivity contribution in [2.45, 2.75) is 19.4 Å². The van der Waals surface area contributed by atoms with Crippen molar-refractivity contribution in [1.82, 2.24) is 0 Å². The van der Waals surface area contributed by atoms with Crippen LogP contribution in [-0.2, 0) is 5.60 Å². The molecule has 2 aromatic carbocycles. The minimum atomic E-state index is -1.18. The van der Waals surface area contributed by atoms with E-state index in [2.05, 4.69) is 15.9 Å². The first kappa shape index (κ1) is 15.4. The van der Waals surface area contributed by atoms with Gasteiger partial charge in [0.2, 0.25) is 0 Å². The molecule has 0 spiro atoms. The molecule has 0 aliphatic rings. The van der Waals surface area contributed by atoms with Gasteiger partial charge in [0.05, 0.1) is 6.61 Å². The van der Waals surface area contributed by atoms with E-state index in [1.165, 1.54) is 0 Å². The molecular formula is C16H16BrClO2. The first-order valence-corrected chi connectivity index (χ1v) is 7.53. The zero-order valence-corrected chi connectivity index (χ0v) is 13.7. The highest BCUT2D eigenvalue weighted by atomic mass is 79.9. The molecular weight excluding hydrogens is 340 g/mol. The maximum atomic E-state index is 10.9. The van der Waals surface area contributed by atoms with Crippen LogP contribution in [0.4, 0.5) is 0 Å². The van der Waals surface area contributed by atoms with Crippen molar-refractivity contribution in [3.8, 4) is 5.75 Å². The number of ether oxygens (including phenoxy) is 1. The van der Waals surface area contributed by atoms with E-state index in [0.717, 1.165) is 15.8 Å². The van der Waals surface area contributed by atoms with Gasteiger partial charge < -0.3 is 9.84 Å². The Morgan fingerprint density at radius 2 is 2.00 bits per heavy atom. The first-order chi connectivity index (χ1) is 9.45. The second-order valence-electron chi connectivity index (χ2n) is 4.66. The normalized spacial score (nSPS) is 13.8. The largest absolute Gasteiger partial charge is 0.494 e. The molecule has 0 aliphatic carbocycles. The molecule has 0 aliphatic heterocycles. The molecule has 0 aromatic heterocycles. The number of benzene rings is 2. The van der Waals surface area contributed by atoms with Crippen molar-refractivity contribution >= 4 is 27.5 Å². The molecule has 0 amide bonds. The summed E-state index contributed by atoms with van der Waals surface area (Å²) in [6, 6.07) is 12.9. The van der Waals surface area contributed by atoms with Gasteiger partial charge in [0, 0.05) is 15.1 Å². The standard InChI is InChI=1S/C16H16BrClO2/c1-3-20-13-6-4-5-11(9-13)16(2,19)14-8-7-12(17)10-15(14)18/h4-10,19H,3H2,1-2H3. The van der Waals surface area contributed by atoms with Crippen LogP contribution in [-0.4, -0.2) is 11.7 Å². The Balaban J connectivity index is 2.45. The van der Waals surface area contributed by atoms with E-state index in [1.54, 1.807) is 13.0 Å². The predicted octanol–water partition coefficient (Wildman–Crippen LogP) is 4.76. The SMILES string of the molecule is CCOc1cccc(C(C)(O)c2ccc(Br)cc2Cl)c1. The van der Waals surface area contributed by atoms with Gasteiger partial charge in [0.1, 0.15) is 11.4 Å². The van der Waals surface area contributed by atoms with Crippen LogP contribution in [0.15, 0.2) is 46.9 Å². The van der Waals surface area contributed by atoms with Crippen molar-refractivity contribution in [2.24, 2.45) is 0 Å². The van der Waals surface area contributed by atoms with Gasteiger partial charge in [-0.3, -0.25) is 0 Å². The number of halogens is 2. The summed E-state index contributed by atoms with van der Waals surface area (Å²) in [4.78, 5) is 0. The zero-order valence-electron chi connectivity index (χ0n) is 11.4. The molecule has 2 aromatic rings. The van der Waals surface area contributed by atoms with E-state index < -0.39 is 5.60 Å². The lowest BCUT2D eigenvalue weighted by molar-refractivity contribution is 0.102. The molecule has 0 saturated carbocycles. The van der Waals surface area contributed by atoms with Crippen LogP contribution in [0, 0.1) is 0 Å². The van der Waals surface area contributed by atoms with Gasteiger partial charge in [-0.05, 0) is 43.7 Å². The second kappa shape index (κ2) is 6.17. The van der Waals surface area contributed by atoms with Crippen molar-refractivity contribution in [2.75, 3.05) is 6.61 Å². The number of hydrogen-bond donors (Lipinski definition) is 1. The smallest absolute Gasteiger partial charge is 0.119 e. The van der Waals surface area contributed by atoms with Gasteiger partial charge in [-0.15, -0.1) is 0 Å². The van der Waals surface area contributed by atoms with Crippen molar-refractivity contribution in [3.63, 3.8) is 0 Å². The van der Waals surface area contributed by atoms with E-state index in [0.29, 0.717) is 17.2 Å². The average Bonchev–Trinajstić information content (AvgIpc) is 2.39. The summed E-state index contributed by atoms with van der Waals surface area (Å²) in [7, 11) is 0. The van der Waals surface area contributed by atoms with Gasteiger partial charge in [-0.2, -0.15) is 0 Å². The van der Waals surface area contributed by atoms with Crippen LogP contribution in [0.25, 0.3) is 0 Å². The van der Waals surface area contributed by atoms with Gasteiger partial charge in [0.15, 0.2) is 0 Å². The lowest BCUT2D eigenvalue weighted by Gasteiger charge is -2.26.